The second kappa shape index (κ2) is 10.8. The molecule has 5 heteroatoms. The molecule has 0 unspecified atom stereocenters. The predicted molar refractivity (Wildman–Crippen MR) is 94.7 cm³/mol. The van der Waals surface area contributed by atoms with Crippen molar-refractivity contribution in [1.82, 2.24) is 10.2 Å². The summed E-state index contributed by atoms with van der Waals surface area (Å²) in [6.45, 7) is 8.87. The van der Waals surface area contributed by atoms with Crippen molar-refractivity contribution in [2.75, 3.05) is 31.5 Å². The monoisotopic (exact) mass is 319 g/mol. The number of rotatable bonds is 10. The number of carbonyl (C=O) groups is 2. The lowest BCUT2D eigenvalue weighted by Gasteiger charge is -2.21. The molecule has 0 radical (unpaired) electrons. The molecule has 0 fully saturated rings. The Bertz CT molecular complexity index is 480. The van der Waals surface area contributed by atoms with E-state index >= 15 is 0 Å². The van der Waals surface area contributed by atoms with E-state index in [1.54, 1.807) is 24.3 Å². The third kappa shape index (κ3) is 6.82. The van der Waals surface area contributed by atoms with E-state index in [1.165, 1.54) is 0 Å². The smallest absolute Gasteiger partial charge is 0.253 e. The average Bonchev–Trinajstić information content (AvgIpc) is 2.55. The minimum Gasteiger partial charge on any atom is -0.339 e. The minimum absolute atomic E-state index is 0.0520. The van der Waals surface area contributed by atoms with Crippen LogP contribution in [-0.4, -0.2) is 42.9 Å². The molecule has 2 N–H and O–H groups in total. The number of carbonyl (C=O) groups excluding carboxylic acids is 2. The van der Waals surface area contributed by atoms with E-state index in [2.05, 4.69) is 31.4 Å². The Morgan fingerprint density at radius 3 is 2.09 bits per heavy atom. The van der Waals surface area contributed by atoms with Crippen LogP contribution in [0.25, 0.3) is 0 Å². The SMILES string of the molecule is CCCNCC(=O)Nc1ccc(C(=O)N(CCC)CCC)cc1. The van der Waals surface area contributed by atoms with Crippen molar-refractivity contribution in [2.45, 2.75) is 40.0 Å². The van der Waals surface area contributed by atoms with Crippen molar-refractivity contribution in [3.63, 3.8) is 0 Å². The first-order valence-corrected chi connectivity index (χ1v) is 8.52. The third-order valence-electron chi connectivity index (χ3n) is 3.40. The van der Waals surface area contributed by atoms with Gasteiger partial charge in [-0.15, -0.1) is 0 Å². The summed E-state index contributed by atoms with van der Waals surface area (Å²) in [5, 5.41) is 5.88. The molecule has 5 nitrogen and oxygen atoms in total. The van der Waals surface area contributed by atoms with Gasteiger partial charge >= 0.3 is 0 Å². The second-order valence-electron chi connectivity index (χ2n) is 5.59. The fraction of sp³-hybridized carbons (Fsp3) is 0.556. The quantitative estimate of drug-likeness (QED) is 0.652. The highest BCUT2D eigenvalue weighted by Crippen LogP contribution is 2.12. The lowest BCUT2D eigenvalue weighted by molar-refractivity contribution is -0.115. The van der Waals surface area contributed by atoms with E-state index < -0.39 is 0 Å². The van der Waals surface area contributed by atoms with Crippen LogP contribution in [0, 0.1) is 0 Å². The van der Waals surface area contributed by atoms with Gasteiger partial charge in [0, 0.05) is 24.3 Å². The largest absolute Gasteiger partial charge is 0.339 e. The van der Waals surface area contributed by atoms with Gasteiger partial charge < -0.3 is 15.5 Å². The van der Waals surface area contributed by atoms with E-state index in [0.29, 0.717) is 17.8 Å². The van der Waals surface area contributed by atoms with E-state index in [-0.39, 0.29) is 11.8 Å². The Morgan fingerprint density at radius 2 is 1.57 bits per heavy atom. The summed E-state index contributed by atoms with van der Waals surface area (Å²) in [4.78, 5) is 26.1. The van der Waals surface area contributed by atoms with Crippen LogP contribution in [0.4, 0.5) is 5.69 Å². The molecule has 128 valence electrons. The molecule has 1 aromatic carbocycles. The molecule has 0 aliphatic heterocycles. The van der Waals surface area contributed by atoms with E-state index in [1.807, 2.05) is 4.90 Å². The maximum atomic E-state index is 12.5. The van der Waals surface area contributed by atoms with E-state index in [9.17, 15) is 9.59 Å². The van der Waals surface area contributed by atoms with Gasteiger partial charge in [0.2, 0.25) is 5.91 Å². The van der Waals surface area contributed by atoms with Crippen LogP contribution in [0.1, 0.15) is 50.4 Å². The number of nitrogens with one attached hydrogen (secondary N) is 2. The molecule has 0 aliphatic rings. The second-order valence-corrected chi connectivity index (χ2v) is 5.59. The van der Waals surface area contributed by atoms with Crippen LogP contribution in [0.3, 0.4) is 0 Å². The highest BCUT2D eigenvalue weighted by Gasteiger charge is 2.14. The molecule has 1 aromatic rings. The van der Waals surface area contributed by atoms with Crippen molar-refractivity contribution < 1.29 is 9.59 Å². The summed E-state index contributed by atoms with van der Waals surface area (Å²) in [6.07, 6.45) is 2.89. The van der Waals surface area contributed by atoms with Gasteiger partial charge in [0.25, 0.3) is 5.91 Å². The summed E-state index contributed by atoms with van der Waals surface area (Å²) in [6, 6.07) is 7.10. The zero-order valence-corrected chi connectivity index (χ0v) is 14.5. The fourth-order valence-electron chi connectivity index (χ4n) is 2.32. The van der Waals surface area contributed by atoms with Crippen molar-refractivity contribution in [3.8, 4) is 0 Å². The van der Waals surface area contributed by atoms with Crippen LogP contribution in [0.5, 0.6) is 0 Å². The molecule has 0 aromatic heterocycles. The van der Waals surface area contributed by atoms with Crippen molar-refractivity contribution in [2.24, 2.45) is 0 Å². The highest BCUT2D eigenvalue weighted by molar-refractivity contribution is 5.96. The Labute approximate surface area is 139 Å². The zero-order chi connectivity index (χ0) is 17.1. The van der Waals surface area contributed by atoms with Crippen LogP contribution in [0.2, 0.25) is 0 Å². The van der Waals surface area contributed by atoms with Gasteiger partial charge in [0.1, 0.15) is 0 Å². The highest BCUT2D eigenvalue weighted by atomic mass is 16.2. The molecular formula is C18H29N3O2. The van der Waals surface area contributed by atoms with Gasteiger partial charge in [-0.2, -0.15) is 0 Å². The normalized spacial score (nSPS) is 10.4. The molecule has 0 bridgehead atoms. The summed E-state index contributed by atoms with van der Waals surface area (Å²) < 4.78 is 0. The Hall–Kier alpha value is -1.88. The molecule has 23 heavy (non-hydrogen) atoms. The molecule has 0 atom stereocenters. The summed E-state index contributed by atoms with van der Waals surface area (Å²) in [7, 11) is 0. The molecule has 0 aliphatic carbocycles. The molecule has 2 amide bonds. The van der Waals surface area contributed by atoms with Gasteiger partial charge in [-0.3, -0.25) is 9.59 Å². The number of nitrogens with zero attached hydrogens (tertiary/aromatic N) is 1. The number of hydrogen-bond acceptors (Lipinski definition) is 3. The topological polar surface area (TPSA) is 61.4 Å². The zero-order valence-electron chi connectivity index (χ0n) is 14.5. The first kappa shape index (κ1) is 19.2. The van der Waals surface area contributed by atoms with Crippen LogP contribution in [-0.2, 0) is 4.79 Å². The molecule has 0 spiro atoms. The first-order chi connectivity index (χ1) is 11.1. The maximum absolute atomic E-state index is 12.5. The fourth-order valence-corrected chi connectivity index (χ4v) is 2.32. The van der Waals surface area contributed by atoms with Gasteiger partial charge in [-0.1, -0.05) is 20.8 Å². The van der Waals surface area contributed by atoms with Crippen molar-refractivity contribution in [3.05, 3.63) is 29.8 Å². The molecule has 0 saturated heterocycles. The number of benzene rings is 1. The van der Waals surface area contributed by atoms with Crippen molar-refractivity contribution >= 4 is 17.5 Å². The van der Waals surface area contributed by atoms with Gasteiger partial charge in [-0.05, 0) is 50.1 Å². The van der Waals surface area contributed by atoms with E-state index in [4.69, 9.17) is 0 Å². The van der Waals surface area contributed by atoms with E-state index in [0.717, 1.165) is 38.9 Å². The predicted octanol–water partition coefficient (Wildman–Crippen LogP) is 2.89. The Balaban J connectivity index is 2.61. The summed E-state index contributed by atoms with van der Waals surface area (Å²) in [5.74, 6) is -0.0210. The lowest BCUT2D eigenvalue weighted by atomic mass is 10.1. The summed E-state index contributed by atoms with van der Waals surface area (Å²) in [5.41, 5.74) is 1.37. The van der Waals surface area contributed by atoms with Crippen LogP contribution >= 0.6 is 0 Å². The third-order valence-corrected chi connectivity index (χ3v) is 3.40. The van der Waals surface area contributed by atoms with Crippen LogP contribution < -0.4 is 10.6 Å². The standard InChI is InChI=1S/C18H29N3O2/c1-4-11-19-14-17(22)20-16-9-7-15(8-10-16)18(23)21(12-5-2)13-6-3/h7-10,19H,4-6,11-14H2,1-3H3,(H,20,22). The maximum Gasteiger partial charge on any atom is 0.253 e. The van der Waals surface area contributed by atoms with Crippen LogP contribution in [0.15, 0.2) is 24.3 Å². The first-order valence-electron chi connectivity index (χ1n) is 8.52. The number of amides is 2. The molecule has 0 saturated carbocycles. The van der Waals surface area contributed by atoms with Gasteiger partial charge in [0.15, 0.2) is 0 Å². The Morgan fingerprint density at radius 1 is 0.957 bits per heavy atom. The van der Waals surface area contributed by atoms with Gasteiger partial charge in [0.05, 0.1) is 6.54 Å². The molecule has 0 heterocycles. The summed E-state index contributed by atoms with van der Waals surface area (Å²) >= 11 is 0. The molecule has 1 rings (SSSR count). The average molecular weight is 319 g/mol. The minimum atomic E-state index is -0.0730. The van der Waals surface area contributed by atoms with Gasteiger partial charge in [-0.25, -0.2) is 0 Å². The Kier molecular flexibility index (Phi) is 8.98. The van der Waals surface area contributed by atoms with Crippen molar-refractivity contribution in [1.29, 1.82) is 0 Å². The number of hydrogen-bond donors (Lipinski definition) is 2. The number of anilines is 1. The molecular weight excluding hydrogens is 290 g/mol. The lowest BCUT2D eigenvalue weighted by Crippen LogP contribution is -2.32.